The first-order valence-corrected chi connectivity index (χ1v) is 7.81. The summed E-state index contributed by atoms with van der Waals surface area (Å²) < 4.78 is 0. The van der Waals surface area contributed by atoms with E-state index in [2.05, 4.69) is 10.3 Å². The van der Waals surface area contributed by atoms with Crippen LogP contribution in [0.4, 0.5) is 11.4 Å². The number of fused-ring (bicyclic) bond motifs is 1. The van der Waals surface area contributed by atoms with E-state index >= 15 is 0 Å². The third kappa shape index (κ3) is 3.62. The van der Waals surface area contributed by atoms with Crippen LogP contribution in [0.1, 0.15) is 6.92 Å². The van der Waals surface area contributed by atoms with Gasteiger partial charge in [-0.3, -0.25) is 10.1 Å². The van der Waals surface area contributed by atoms with Gasteiger partial charge in [-0.25, -0.2) is 4.98 Å². The smallest absolute Gasteiger partial charge is 0.311 e. The van der Waals surface area contributed by atoms with Gasteiger partial charge < -0.3 is 10.4 Å². The van der Waals surface area contributed by atoms with Crippen molar-refractivity contribution in [2.75, 3.05) is 23.9 Å². The fourth-order valence-electron chi connectivity index (χ4n) is 2.10. The van der Waals surface area contributed by atoms with Crippen LogP contribution in [0.3, 0.4) is 0 Å². The number of hydrogen-bond donors (Lipinski definition) is 2. The zero-order valence-corrected chi connectivity index (χ0v) is 12.7. The van der Waals surface area contributed by atoms with E-state index < -0.39 is 10.5 Å². The molecule has 0 fully saturated rings. The summed E-state index contributed by atoms with van der Waals surface area (Å²) in [7, 11) is 0. The molecule has 0 aliphatic heterocycles. The zero-order chi connectivity index (χ0) is 15.5. The molecule has 0 bridgehead atoms. The lowest BCUT2D eigenvalue weighted by atomic mass is 10.1. The van der Waals surface area contributed by atoms with Crippen LogP contribution in [0.15, 0.2) is 30.5 Å². The molecule has 2 rings (SSSR count). The van der Waals surface area contributed by atoms with Gasteiger partial charge in [-0.2, -0.15) is 11.8 Å². The van der Waals surface area contributed by atoms with Gasteiger partial charge in [0.05, 0.1) is 16.0 Å². The number of anilines is 1. The van der Waals surface area contributed by atoms with Crippen LogP contribution in [-0.2, 0) is 0 Å². The standard InChI is InChI=1S/C14H17N3O3S/c1-14(18,9-21-2)8-16-13-10-5-3-4-6-11(10)15-7-12(13)17(19)20/h3-7,18H,8-9H2,1-2H3,(H,15,16). The average Bonchev–Trinajstić information content (AvgIpc) is 2.44. The Hall–Kier alpha value is -1.86. The predicted octanol–water partition coefficient (Wildman–Crippen LogP) is 2.67. The topological polar surface area (TPSA) is 88.3 Å². The minimum absolute atomic E-state index is 0.0892. The van der Waals surface area contributed by atoms with Gasteiger partial charge in [0, 0.05) is 17.7 Å². The normalized spacial score (nSPS) is 13.9. The second-order valence-corrected chi connectivity index (χ2v) is 5.94. The molecule has 1 atom stereocenters. The molecule has 21 heavy (non-hydrogen) atoms. The van der Waals surface area contributed by atoms with Crippen molar-refractivity contribution in [1.29, 1.82) is 0 Å². The third-order valence-electron chi connectivity index (χ3n) is 3.05. The van der Waals surface area contributed by atoms with Crippen molar-refractivity contribution in [3.05, 3.63) is 40.6 Å². The average molecular weight is 307 g/mol. The Labute approximate surface area is 126 Å². The van der Waals surface area contributed by atoms with Crippen LogP contribution >= 0.6 is 11.8 Å². The van der Waals surface area contributed by atoms with Gasteiger partial charge >= 0.3 is 5.69 Å². The van der Waals surface area contributed by atoms with Gasteiger partial charge in [-0.05, 0) is 19.2 Å². The number of aromatic nitrogens is 1. The fourth-order valence-corrected chi connectivity index (χ4v) is 2.82. The Bertz CT molecular complexity index is 661. The van der Waals surface area contributed by atoms with Crippen molar-refractivity contribution in [3.63, 3.8) is 0 Å². The lowest BCUT2D eigenvalue weighted by Gasteiger charge is -2.23. The van der Waals surface area contributed by atoms with Crippen molar-refractivity contribution in [2.24, 2.45) is 0 Å². The lowest BCUT2D eigenvalue weighted by Crippen LogP contribution is -2.36. The van der Waals surface area contributed by atoms with Gasteiger partial charge in [-0.1, -0.05) is 18.2 Å². The fraction of sp³-hybridized carbons (Fsp3) is 0.357. The molecule has 0 amide bonds. The van der Waals surface area contributed by atoms with Crippen LogP contribution in [0.2, 0.25) is 0 Å². The highest BCUT2D eigenvalue weighted by Crippen LogP contribution is 2.31. The molecule has 0 spiro atoms. The lowest BCUT2D eigenvalue weighted by molar-refractivity contribution is -0.384. The number of para-hydroxylation sites is 1. The SMILES string of the molecule is CSCC(C)(O)CNc1c([N+](=O)[O-])cnc2ccccc12. The first-order valence-electron chi connectivity index (χ1n) is 6.42. The quantitative estimate of drug-likeness (QED) is 0.630. The molecule has 1 aromatic heterocycles. The molecule has 0 aliphatic carbocycles. The Morgan fingerprint density at radius 2 is 2.19 bits per heavy atom. The highest BCUT2D eigenvalue weighted by atomic mass is 32.2. The molecule has 1 aromatic carbocycles. The molecule has 0 saturated heterocycles. The summed E-state index contributed by atoms with van der Waals surface area (Å²) in [5, 5.41) is 25.1. The summed E-state index contributed by atoms with van der Waals surface area (Å²) in [6.45, 7) is 1.93. The number of thioether (sulfide) groups is 1. The van der Waals surface area contributed by atoms with Crippen molar-refractivity contribution in [3.8, 4) is 0 Å². The van der Waals surface area contributed by atoms with Crippen LogP contribution in [-0.4, -0.2) is 39.2 Å². The van der Waals surface area contributed by atoms with Crippen LogP contribution in [0, 0.1) is 10.1 Å². The van der Waals surface area contributed by atoms with E-state index in [1.807, 2.05) is 12.3 Å². The molecule has 0 radical (unpaired) electrons. The monoisotopic (exact) mass is 307 g/mol. The predicted molar refractivity (Wildman–Crippen MR) is 85.9 cm³/mol. The van der Waals surface area contributed by atoms with Gasteiger partial charge in [0.25, 0.3) is 0 Å². The highest BCUT2D eigenvalue weighted by Gasteiger charge is 2.23. The minimum atomic E-state index is -0.947. The van der Waals surface area contributed by atoms with Gasteiger partial charge in [0.15, 0.2) is 0 Å². The maximum Gasteiger partial charge on any atom is 0.311 e. The second-order valence-electron chi connectivity index (χ2n) is 5.08. The number of nitrogens with one attached hydrogen (secondary N) is 1. The van der Waals surface area contributed by atoms with Crippen molar-refractivity contribution in [1.82, 2.24) is 4.98 Å². The summed E-state index contributed by atoms with van der Waals surface area (Å²) in [4.78, 5) is 14.8. The maximum absolute atomic E-state index is 11.2. The number of rotatable bonds is 6. The summed E-state index contributed by atoms with van der Waals surface area (Å²) in [5.41, 5.74) is 0.0354. The summed E-state index contributed by atoms with van der Waals surface area (Å²) in [6.07, 6.45) is 3.15. The van der Waals surface area contributed by atoms with Gasteiger partial charge in [-0.15, -0.1) is 0 Å². The molecule has 1 heterocycles. The maximum atomic E-state index is 11.2. The first-order chi connectivity index (χ1) is 9.94. The van der Waals surface area contributed by atoms with E-state index in [9.17, 15) is 15.2 Å². The van der Waals surface area contributed by atoms with E-state index in [4.69, 9.17) is 0 Å². The summed E-state index contributed by atoms with van der Waals surface area (Å²) in [5.74, 6) is 0.539. The van der Waals surface area contributed by atoms with E-state index in [0.29, 0.717) is 22.3 Å². The second kappa shape index (κ2) is 6.28. The van der Waals surface area contributed by atoms with E-state index in [0.717, 1.165) is 0 Å². The van der Waals surface area contributed by atoms with E-state index in [1.54, 1.807) is 25.1 Å². The first kappa shape index (κ1) is 15.5. The van der Waals surface area contributed by atoms with E-state index in [-0.39, 0.29) is 12.2 Å². The largest absolute Gasteiger partial charge is 0.387 e. The number of nitrogens with zero attached hydrogens (tertiary/aromatic N) is 2. The molecule has 2 aromatic rings. The molecule has 6 nitrogen and oxygen atoms in total. The summed E-state index contributed by atoms with van der Waals surface area (Å²) >= 11 is 1.52. The molecule has 112 valence electrons. The van der Waals surface area contributed by atoms with Crippen LogP contribution < -0.4 is 5.32 Å². The number of benzene rings is 1. The third-order valence-corrected chi connectivity index (χ3v) is 3.96. The number of hydrogen-bond acceptors (Lipinski definition) is 6. The van der Waals surface area contributed by atoms with Crippen molar-refractivity contribution < 1.29 is 10.0 Å². The molecule has 2 N–H and O–H groups in total. The van der Waals surface area contributed by atoms with E-state index in [1.165, 1.54) is 18.0 Å². The Morgan fingerprint density at radius 1 is 1.48 bits per heavy atom. The Morgan fingerprint density at radius 3 is 2.86 bits per heavy atom. The molecule has 0 aliphatic rings. The van der Waals surface area contributed by atoms with Gasteiger partial charge in [0.2, 0.25) is 0 Å². The Kier molecular flexibility index (Phi) is 4.64. The minimum Gasteiger partial charge on any atom is -0.387 e. The number of nitro groups is 1. The van der Waals surface area contributed by atoms with Crippen molar-refractivity contribution in [2.45, 2.75) is 12.5 Å². The zero-order valence-electron chi connectivity index (χ0n) is 11.9. The number of pyridine rings is 1. The summed E-state index contributed by atoms with van der Waals surface area (Å²) in [6, 6.07) is 7.21. The molecule has 7 heteroatoms. The number of aliphatic hydroxyl groups is 1. The van der Waals surface area contributed by atoms with Crippen molar-refractivity contribution >= 4 is 34.0 Å². The highest BCUT2D eigenvalue weighted by molar-refractivity contribution is 7.98. The Balaban J connectivity index is 2.40. The molecule has 1 unspecified atom stereocenters. The molecule has 0 saturated carbocycles. The van der Waals surface area contributed by atoms with Gasteiger partial charge in [0.1, 0.15) is 11.9 Å². The molecular formula is C14H17N3O3S. The molecular weight excluding hydrogens is 290 g/mol. The van der Waals surface area contributed by atoms with Crippen LogP contribution in [0.25, 0.3) is 10.9 Å². The van der Waals surface area contributed by atoms with Crippen LogP contribution in [0.5, 0.6) is 0 Å².